The summed E-state index contributed by atoms with van der Waals surface area (Å²) < 4.78 is 37.3. The van der Waals surface area contributed by atoms with Crippen LogP contribution in [-0.2, 0) is 4.79 Å². The van der Waals surface area contributed by atoms with Gasteiger partial charge in [0.25, 0.3) is 0 Å². The number of carboxylic acid groups (broad SMARTS) is 1. The fourth-order valence-electron chi connectivity index (χ4n) is 1.98. The second-order valence-electron chi connectivity index (χ2n) is 4.18. The Morgan fingerprint density at radius 1 is 1.44 bits per heavy atom. The molecule has 0 spiro atoms. The molecular weight excluding hydrogens is 223 g/mol. The Bertz CT molecular complexity index is 243. The van der Waals surface area contributed by atoms with Crippen molar-refractivity contribution in [2.75, 3.05) is 19.6 Å². The van der Waals surface area contributed by atoms with E-state index in [2.05, 4.69) is 0 Å². The Labute approximate surface area is 92.2 Å². The van der Waals surface area contributed by atoms with Crippen LogP contribution in [0.2, 0.25) is 0 Å². The Morgan fingerprint density at radius 3 is 2.69 bits per heavy atom. The van der Waals surface area contributed by atoms with Gasteiger partial charge in [-0.05, 0) is 32.4 Å². The van der Waals surface area contributed by atoms with Crippen molar-refractivity contribution in [2.24, 2.45) is 5.92 Å². The molecule has 0 saturated carbocycles. The Hall–Kier alpha value is -0.780. The molecule has 0 aromatic heterocycles. The lowest BCUT2D eigenvalue weighted by Crippen LogP contribution is -2.42. The number of carbonyl (C=O) groups is 1. The van der Waals surface area contributed by atoms with Crippen molar-refractivity contribution in [1.82, 2.24) is 4.90 Å². The molecule has 0 bridgehead atoms. The van der Waals surface area contributed by atoms with Gasteiger partial charge in [0, 0.05) is 13.0 Å². The fraction of sp³-hybridized carbons (Fsp3) is 0.900. The molecule has 1 fully saturated rings. The van der Waals surface area contributed by atoms with Crippen molar-refractivity contribution in [3.05, 3.63) is 0 Å². The predicted molar refractivity (Wildman–Crippen MR) is 52.1 cm³/mol. The van der Waals surface area contributed by atoms with E-state index in [0.717, 1.165) is 0 Å². The standard InChI is InChI=1S/C10H16F3NO2/c11-10(12,13)8-3-1-5-14(7-8)6-2-4-9(15)16/h8H,1-7H2,(H,15,16). The molecule has 1 saturated heterocycles. The second kappa shape index (κ2) is 5.52. The molecular formula is C10H16F3NO2. The number of hydrogen-bond donors (Lipinski definition) is 1. The van der Waals surface area contributed by atoms with Crippen molar-refractivity contribution < 1.29 is 23.1 Å². The highest BCUT2D eigenvalue weighted by molar-refractivity contribution is 5.66. The van der Waals surface area contributed by atoms with Crippen molar-refractivity contribution in [1.29, 1.82) is 0 Å². The number of alkyl halides is 3. The number of aliphatic carboxylic acids is 1. The van der Waals surface area contributed by atoms with Crippen molar-refractivity contribution in [2.45, 2.75) is 31.9 Å². The van der Waals surface area contributed by atoms with Crippen LogP contribution in [0.15, 0.2) is 0 Å². The van der Waals surface area contributed by atoms with E-state index < -0.39 is 18.1 Å². The molecule has 1 rings (SSSR count). The number of halogens is 3. The van der Waals surface area contributed by atoms with Gasteiger partial charge in [0.2, 0.25) is 0 Å². The van der Waals surface area contributed by atoms with E-state index in [9.17, 15) is 18.0 Å². The quantitative estimate of drug-likeness (QED) is 0.817. The van der Waals surface area contributed by atoms with Crippen LogP contribution in [0.3, 0.4) is 0 Å². The molecule has 0 aromatic carbocycles. The first-order valence-corrected chi connectivity index (χ1v) is 5.40. The fourth-order valence-corrected chi connectivity index (χ4v) is 1.98. The molecule has 1 heterocycles. The van der Waals surface area contributed by atoms with E-state index in [0.29, 0.717) is 25.9 Å². The van der Waals surface area contributed by atoms with Gasteiger partial charge in [0.15, 0.2) is 0 Å². The summed E-state index contributed by atoms with van der Waals surface area (Å²) in [5, 5.41) is 8.43. The number of carboxylic acids is 1. The summed E-state index contributed by atoms with van der Waals surface area (Å²) in [5.74, 6) is -2.14. The number of likely N-dealkylation sites (tertiary alicyclic amines) is 1. The summed E-state index contributed by atoms with van der Waals surface area (Å²) in [6.45, 7) is 1.11. The third kappa shape index (κ3) is 4.38. The second-order valence-corrected chi connectivity index (χ2v) is 4.18. The normalized spacial score (nSPS) is 23.3. The molecule has 1 aliphatic rings. The van der Waals surface area contributed by atoms with Crippen LogP contribution in [0.4, 0.5) is 13.2 Å². The van der Waals surface area contributed by atoms with Crippen molar-refractivity contribution >= 4 is 5.97 Å². The number of piperidine rings is 1. The third-order valence-corrected chi connectivity index (χ3v) is 2.83. The van der Waals surface area contributed by atoms with Gasteiger partial charge in [-0.1, -0.05) is 0 Å². The van der Waals surface area contributed by atoms with Crippen LogP contribution < -0.4 is 0 Å². The van der Waals surface area contributed by atoms with Gasteiger partial charge >= 0.3 is 12.1 Å². The monoisotopic (exact) mass is 239 g/mol. The average molecular weight is 239 g/mol. The highest BCUT2D eigenvalue weighted by atomic mass is 19.4. The molecule has 0 radical (unpaired) electrons. The van der Waals surface area contributed by atoms with E-state index in [1.54, 1.807) is 4.90 Å². The zero-order valence-corrected chi connectivity index (χ0v) is 8.96. The van der Waals surface area contributed by atoms with Gasteiger partial charge in [-0.15, -0.1) is 0 Å². The minimum absolute atomic E-state index is 0.0170. The molecule has 1 unspecified atom stereocenters. The maximum atomic E-state index is 12.4. The molecule has 0 aromatic rings. The topological polar surface area (TPSA) is 40.5 Å². The molecule has 0 amide bonds. The molecule has 0 aliphatic carbocycles. The summed E-state index contributed by atoms with van der Waals surface area (Å²) in [7, 11) is 0. The lowest BCUT2D eigenvalue weighted by atomic mass is 9.97. The van der Waals surface area contributed by atoms with Gasteiger partial charge in [0.05, 0.1) is 5.92 Å². The average Bonchev–Trinajstić information content (AvgIpc) is 2.16. The van der Waals surface area contributed by atoms with E-state index in [4.69, 9.17) is 5.11 Å². The first kappa shape index (κ1) is 13.3. The summed E-state index contributed by atoms with van der Waals surface area (Å²) in [6.07, 6.45) is -2.95. The lowest BCUT2D eigenvalue weighted by molar-refractivity contribution is -0.186. The molecule has 16 heavy (non-hydrogen) atoms. The van der Waals surface area contributed by atoms with E-state index in [-0.39, 0.29) is 19.4 Å². The number of nitrogens with zero attached hydrogens (tertiary/aromatic N) is 1. The maximum absolute atomic E-state index is 12.4. The molecule has 6 heteroatoms. The minimum Gasteiger partial charge on any atom is -0.481 e. The largest absolute Gasteiger partial charge is 0.481 e. The predicted octanol–water partition coefficient (Wildman–Crippen LogP) is 2.13. The van der Waals surface area contributed by atoms with Gasteiger partial charge < -0.3 is 10.0 Å². The van der Waals surface area contributed by atoms with Crippen molar-refractivity contribution in [3.63, 3.8) is 0 Å². The van der Waals surface area contributed by atoms with Gasteiger partial charge in [0.1, 0.15) is 0 Å². The zero-order chi connectivity index (χ0) is 12.2. The van der Waals surface area contributed by atoms with Gasteiger partial charge in [-0.3, -0.25) is 4.79 Å². The summed E-state index contributed by atoms with van der Waals surface area (Å²) in [4.78, 5) is 12.0. The van der Waals surface area contributed by atoms with Crippen LogP contribution in [-0.4, -0.2) is 41.8 Å². The number of rotatable bonds is 4. The lowest BCUT2D eigenvalue weighted by Gasteiger charge is -2.33. The smallest absolute Gasteiger partial charge is 0.393 e. The number of hydrogen-bond acceptors (Lipinski definition) is 2. The van der Waals surface area contributed by atoms with E-state index in [1.165, 1.54) is 0 Å². The Morgan fingerprint density at radius 2 is 2.12 bits per heavy atom. The highest BCUT2D eigenvalue weighted by Gasteiger charge is 2.41. The minimum atomic E-state index is -4.12. The Kier molecular flexibility index (Phi) is 4.58. The van der Waals surface area contributed by atoms with E-state index >= 15 is 0 Å². The molecule has 3 nitrogen and oxygen atoms in total. The van der Waals surface area contributed by atoms with Gasteiger partial charge in [-0.2, -0.15) is 13.2 Å². The first-order chi connectivity index (χ1) is 7.39. The van der Waals surface area contributed by atoms with Crippen molar-refractivity contribution in [3.8, 4) is 0 Å². The summed E-state index contributed by atoms with van der Waals surface area (Å²) in [6, 6.07) is 0. The Balaban J connectivity index is 2.31. The summed E-state index contributed by atoms with van der Waals surface area (Å²) in [5.41, 5.74) is 0. The first-order valence-electron chi connectivity index (χ1n) is 5.40. The molecule has 1 atom stereocenters. The molecule has 1 aliphatic heterocycles. The van der Waals surface area contributed by atoms with Crippen LogP contribution in [0, 0.1) is 5.92 Å². The van der Waals surface area contributed by atoms with Crippen LogP contribution in [0.1, 0.15) is 25.7 Å². The van der Waals surface area contributed by atoms with Gasteiger partial charge in [-0.25, -0.2) is 0 Å². The zero-order valence-electron chi connectivity index (χ0n) is 8.96. The summed E-state index contributed by atoms with van der Waals surface area (Å²) >= 11 is 0. The SMILES string of the molecule is O=C(O)CCCN1CCCC(C(F)(F)F)C1. The maximum Gasteiger partial charge on any atom is 0.393 e. The van der Waals surface area contributed by atoms with Crippen LogP contribution in [0.5, 0.6) is 0 Å². The highest BCUT2D eigenvalue weighted by Crippen LogP contribution is 2.33. The third-order valence-electron chi connectivity index (χ3n) is 2.83. The molecule has 94 valence electrons. The van der Waals surface area contributed by atoms with Crippen LogP contribution in [0.25, 0.3) is 0 Å². The van der Waals surface area contributed by atoms with E-state index in [1.807, 2.05) is 0 Å². The molecule has 1 N–H and O–H groups in total. The van der Waals surface area contributed by atoms with Crippen LogP contribution >= 0.6 is 0 Å².